The average Bonchev–Trinajstić information content (AvgIpc) is 3.19. The van der Waals surface area contributed by atoms with Crippen molar-refractivity contribution >= 4 is 40.6 Å². The summed E-state index contributed by atoms with van der Waals surface area (Å²) in [5.41, 5.74) is 3.71. The lowest BCUT2D eigenvalue weighted by Crippen LogP contribution is -2.06. The quantitative estimate of drug-likeness (QED) is 0.421. The molecule has 0 atom stereocenters. The number of carbonyl (C=O) groups is 1. The lowest BCUT2D eigenvalue weighted by atomic mass is 10.2. The molecular formula is C18H18FN3OS3. The second-order valence-electron chi connectivity index (χ2n) is 5.80. The first-order chi connectivity index (χ1) is 12.4. The van der Waals surface area contributed by atoms with Gasteiger partial charge in [0.2, 0.25) is 0 Å². The minimum atomic E-state index is -0.251. The van der Waals surface area contributed by atoms with E-state index < -0.39 is 0 Å². The molecule has 0 saturated carbocycles. The predicted octanol–water partition coefficient (Wildman–Crippen LogP) is 5.09. The van der Waals surface area contributed by atoms with Gasteiger partial charge in [0.1, 0.15) is 5.82 Å². The van der Waals surface area contributed by atoms with Gasteiger partial charge >= 0.3 is 0 Å². The lowest BCUT2D eigenvalue weighted by Gasteiger charge is -2.11. The molecule has 0 N–H and O–H groups in total. The van der Waals surface area contributed by atoms with Gasteiger partial charge in [-0.15, -0.1) is 10.2 Å². The summed E-state index contributed by atoms with van der Waals surface area (Å²) < 4.78 is 17.5. The normalized spacial score (nSPS) is 11.1. The van der Waals surface area contributed by atoms with Crippen LogP contribution in [0.2, 0.25) is 0 Å². The summed E-state index contributed by atoms with van der Waals surface area (Å²) >= 11 is 4.42. The van der Waals surface area contributed by atoms with Crippen LogP contribution in [0.3, 0.4) is 0 Å². The lowest BCUT2D eigenvalue weighted by molar-refractivity contribution is 0.102. The summed E-state index contributed by atoms with van der Waals surface area (Å²) in [6.07, 6.45) is 1.95. The topological polar surface area (TPSA) is 47.8 Å². The largest absolute Gasteiger partial charge is 0.318 e. The van der Waals surface area contributed by atoms with Crippen molar-refractivity contribution in [1.29, 1.82) is 0 Å². The number of benzene rings is 1. The van der Waals surface area contributed by atoms with Crippen LogP contribution in [-0.2, 0) is 0 Å². The van der Waals surface area contributed by atoms with Gasteiger partial charge in [-0.1, -0.05) is 40.9 Å². The Labute approximate surface area is 164 Å². The highest BCUT2D eigenvalue weighted by Gasteiger charge is 2.18. The van der Waals surface area contributed by atoms with Crippen LogP contribution in [0, 0.1) is 26.6 Å². The minimum absolute atomic E-state index is 0.0304. The fourth-order valence-electron chi connectivity index (χ4n) is 2.71. The number of carbonyl (C=O) groups excluding carboxylic acids is 1. The number of rotatable bonds is 6. The number of nitrogens with zero attached hydrogens (tertiary/aromatic N) is 3. The van der Waals surface area contributed by atoms with Gasteiger partial charge < -0.3 is 4.57 Å². The molecule has 0 bridgehead atoms. The first kappa shape index (κ1) is 19.1. The first-order valence-corrected chi connectivity index (χ1v) is 10.9. The smallest absolute Gasteiger partial charge is 0.175 e. The zero-order chi connectivity index (χ0) is 18.8. The van der Waals surface area contributed by atoms with Crippen molar-refractivity contribution in [1.82, 2.24) is 14.8 Å². The highest BCUT2D eigenvalue weighted by atomic mass is 32.2. The summed E-state index contributed by atoms with van der Waals surface area (Å²) in [4.78, 5) is 12.7. The van der Waals surface area contributed by atoms with E-state index >= 15 is 0 Å². The molecule has 0 saturated heterocycles. The van der Waals surface area contributed by atoms with Gasteiger partial charge in [-0.05, 0) is 50.8 Å². The second kappa shape index (κ2) is 7.94. The Morgan fingerprint density at radius 1 is 1.19 bits per heavy atom. The van der Waals surface area contributed by atoms with E-state index in [4.69, 9.17) is 0 Å². The molecule has 2 aromatic heterocycles. The summed E-state index contributed by atoms with van der Waals surface area (Å²) in [7, 11) is 0. The van der Waals surface area contributed by atoms with Crippen LogP contribution >= 0.6 is 34.9 Å². The Morgan fingerprint density at radius 2 is 1.92 bits per heavy atom. The molecule has 2 heterocycles. The van der Waals surface area contributed by atoms with Gasteiger partial charge in [-0.25, -0.2) is 4.39 Å². The van der Waals surface area contributed by atoms with Crippen LogP contribution < -0.4 is 0 Å². The molecule has 0 aliphatic rings. The fourth-order valence-corrected chi connectivity index (χ4v) is 5.03. The molecule has 136 valence electrons. The maximum absolute atomic E-state index is 13.9. The molecule has 0 aliphatic heterocycles. The van der Waals surface area contributed by atoms with Crippen LogP contribution in [0.15, 0.2) is 32.9 Å². The van der Waals surface area contributed by atoms with E-state index in [-0.39, 0.29) is 11.6 Å². The molecule has 0 unspecified atom stereocenters. The van der Waals surface area contributed by atoms with Gasteiger partial charge in [0.05, 0.1) is 5.75 Å². The molecule has 0 radical (unpaired) electrons. The molecular weight excluding hydrogens is 389 g/mol. The minimum Gasteiger partial charge on any atom is -0.318 e. The number of aryl methyl sites for hydroxylation is 2. The van der Waals surface area contributed by atoms with Crippen molar-refractivity contribution in [2.75, 3.05) is 12.0 Å². The van der Waals surface area contributed by atoms with Crippen LogP contribution in [0.5, 0.6) is 0 Å². The van der Waals surface area contributed by atoms with E-state index in [1.165, 1.54) is 29.2 Å². The zero-order valence-corrected chi connectivity index (χ0v) is 17.3. The molecule has 0 aliphatic carbocycles. The molecule has 26 heavy (non-hydrogen) atoms. The molecule has 4 nitrogen and oxygen atoms in total. The van der Waals surface area contributed by atoms with E-state index in [0.29, 0.717) is 16.9 Å². The summed E-state index contributed by atoms with van der Waals surface area (Å²) in [6, 6.07) is 6.99. The monoisotopic (exact) mass is 407 g/mol. The summed E-state index contributed by atoms with van der Waals surface area (Å²) in [5, 5.41) is 8.11. The number of thioether (sulfide) groups is 2. The molecule has 8 heteroatoms. The maximum atomic E-state index is 13.9. The third-order valence-corrected chi connectivity index (χ3v) is 7.07. The Hall–Kier alpha value is -1.64. The van der Waals surface area contributed by atoms with Crippen molar-refractivity contribution < 1.29 is 9.18 Å². The van der Waals surface area contributed by atoms with Crippen molar-refractivity contribution in [3.05, 3.63) is 52.6 Å². The molecule has 0 spiro atoms. The number of hydrogen-bond acceptors (Lipinski definition) is 6. The molecule has 0 fully saturated rings. The number of hydrogen-bond donors (Lipinski definition) is 0. The Kier molecular flexibility index (Phi) is 5.84. The number of Topliss-reactive ketones (excluding diaryl/α,β-unsaturated/α-hetero) is 1. The van der Waals surface area contributed by atoms with Gasteiger partial charge in [0.15, 0.2) is 14.5 Å². The van der Waals surface area contributed by atoms with E-state index in [0.717, 1.165) is 25.8 Å². The number of aromatic nitrogens is 3. The van der Waals surface area contributed by atoms with E-state index in [9.17, 15) is 9.18 Å². The standard InChI is InChI=1S/C18H18FN3OS3/c1-10-5-6-13(8-15(10)19)22-11(2)7-14(12(22)3)16(23)9-25-18-21-20-17(24-4)26-18/h5-8H,9H2,1-4H3. The van der Waals surface area contributed by atoms with Crippen LogP contribution in [0.4, 0.5) is 4.39 Å². The highest BCUT2D eigenvalue weighted by Crippen LogP contribution is 2.29. The van der Waals surface area contributed by atoms with Crippen molar-refractivity contribution in [2.24, 2.45) is 0 Å². The van der Waals surface area contributed by atoms with Gasteiger partial charge in [0, 0.05) is 22.6 Å². The maximum Gasteiger partial charge on any atom is 0.175 e. The molecule has 0 amide bonds. The Bertz CT molecular complexity index is 965. The van der Waals surface area contributed by atoms with Gasteiger partial charge in [-0.2, -0.15) is 0 Å². The Balaban J connectivity index is 1.82. The molecule has 3 aromatic rings. The molecule has 1 aromatic carbocycles. The third kappa shape index (κ3) is 3.87. The van der Waals surface area contributed by atoms with E-state index in [1.54, 1.807) is 24.8 Å². The zero-order valence-electron chi connectivity index (χ0n) is 14.9. The first-order valence-electron chi connectivity index (χ1n) is 7.89. The van der Waals surface area contributed by atoms with Crippen molar-refractivity contribution in [2.45, 2.75) is 29.5 Å². The van der Waals surface area contributed by atoms with E-state index in [1.807, 2.05) is 36.8 Å². The number of ketones is 1. The SMILES string of the molecule is CSc1nnc(SCC(=O)c2cc(C)n(-c3ccc(C)c(F)c3)c2C)s1. The van der Waals surface area contributed by atoms with Crippen molar-refractivity contribution in [3.8, 4) is 5.69 Å². The average molecular weight is 408 g/mol. The molecule has 3 rings (SSSR count). The Morgan fingerprint density at radius 3 is 2.58 bits per heavy atom. The fraction of sp³-hybridized carbons (Fsp3) is 0.278. The number of halogens is 1. The predicted molar refractivity (Wildman–Crippen MR) is 107 cm³/mol. The van der Waals surface area contributed by atoms with Gasteiger partial charge in [-0.3, -0.25) is 4.79 Å². The van der Waals surface area contributed by atoms with Crippen LogP contribution in [0.25, 0.3) is 5.69 Å². The second-order valence-corrected chi connectivity index (χ2v) is 9.06. The highest BCUT2D eigenvalue weighted by molar-refractivity contribution is 8.03. The summed E-state index contributed by atoms with van der Waals surface area (Å²) in [6.45, 7) is 5.54. The van der Waals surface area contributed by atoms with Crippen LogP contribution in [-0.4, -0.2) is 32.6 Å². The van der Waals surface area contributed by atoms with Crippen molar-refractivity contribution in [3.63, 3.8) is 0 Å². The van der Waals surface area contributed by atoms with Gasteiger partial charge in [0.25, 0.3) is 0 Å². The third-order valence-electron chi connectivity index (χ3n) is 4.03. The van der Waals surface area contributed by atoms with E-state index in [2.05, 4.69) is 10.2 Å². The summed E-state index contributed by atoms with van der Waals surface area (Å²) in [5.74, 6) is 0.0809. The van der Waals surface area contributed by atoms with Crippen LogP contribution in [0.1, 0.15) is 27.3 Å².